The zero-order valence-electron chi connectivity index (χ0n) is 39.9. The van der Waals surface area contributed by atoms with Crippen molar-refractivity contribution in [1.82, 2.24) is 15.3 Å². The summed E-state index contributed by atoms with van der Waals surface area (Å²) in [7, 11) is 0. The van der Waals surface area contributed by atoms with Crippen molar-refractivity contribution < 1.29 is 10.2 Å². The summed E-state index contributed by atoms with van der Waals surface area (Å²) >= 11 is 5.14. The number of anilines is 2. The number of aliphatic hydroxyl groups excluding tert-OH is 2. The molecule has 0 bridgehead atoms. The molecule has 2 saturated heterocycles. The third kappa shape index (κ3) is 12.7. The van der Waals surface area contributed by atoms with Crippen LogP contribution < -0.4 is 20.9 Å². The van der Waals surface area contributed by atoms with Gasteiger partial charge in [0.2, 0.25) is 0 Å². The van der Waals surface area contributed by atoms with Gasteiger partial charge in [0, 0.05) is 68.5 Å². The van der Waals surface area contributed by atoms with E-state index in [4.69, 9.17) is 37.5 Å². The van der Waals surface area contributed by atoms with Gasteiger partial charge in [0.05, 0.1) is 11.4 Å². The van der Waals surface area contributed by atoms with Gasteiger partial charge in [0.15, 0.2) is 0 Å². The fourth-order valence-corrected chi connectivity index (χ4v) is 10.2. The van der Waals surface area contributed by atoms with Crippen molar-refractivity contribution in [2.45, 2.75) is 161 Å². The quantitative estimate of drug-likeness (QED) is 0.0920. The largest absolute Gasteiger partial charge is 0.396 e. The predicted molar refractivity (Wildman–Crippen MR) is 273 cm³/mol. The molecule has 2 atom stereocenters. The molecular formula is C55H83ClN6O2. The molecule has 64 heavy (non-hydrogen) atoms. The summed E-state index contributed by atoms with van der Waals surface area (Å²) in [6.45, 7) is 24.4. The number of nitrogens with zero attached hydrogens (tertiary/aromatic N) is 4. The van der Waals surface area contributed by atoms with Crippen molar-refractivity contribution in [1.29, 1.82) is 0 Å². The highest BCUT2D eigenvalue weighted by Gasteiger charge is 2.38. The molecule has 2 unspecified atom stereocenters. The number of nitrogens with two attached hydrogens (primary N) is 1. The number of aromatic nitrogens is 2. The summed E-state index contributed by atoms with van der Waals surface area (Å²) < 4.78 is 0. The average Bonchev–Trinajstić information content (AvgIpc) is 3.28. The number of alkyl halides is 1. The number of hydrogen-bond acceptors (Lipinski definition) is 8. The van der Waals surface area contributed by atoms with E-state index in [0.29, 0.717) is 18.3 Å². The highest BCUT2D eigenvalue weighted by Crippen LogP contribution is 2.48. The van der Waals surface area contributed by atoms with Gasteiger partial charge in [-0.2, -0.15) is 0 Å². The van der Waals surface area contributed by atoms with Gasteiger partial charge >= 0.3 is 0 Å². The van der Waals surface area contributed by atoms with Crippen molar-refractivity contribution in [2.24, 2.45) is 5.73 Å². The predicted octanol–water partition coefficient (Wildman–Crippen LogP) is 11.3. The minimum Gasteiger partial charge on any atom is -0.396 e. The molecule has 4 aliphatic rings. The van der Waals surface area contributed by atoms with Crippen molar-refractivity contribution in [3.63, 3.8) is 0 Å². The topological polar surface area (TPSA) is 111 Å². The summed E-state index contributed by atoms with van der Waals surface area (Å²) in [5, 5.41) is 20.6. The molecule has 9 heteroatoms. The van der Waals surface area contributed by atoms with Gasteiger partial charge in [-0.25, -0.2) is 9.97 Å². The molecule has 4 aromatic rings. The fourth-order valence-electron chi connectivity index (χ4n) is 10.0. The Hall–Kier alpha value is -3.53. The van der Waals surface area contributed by atoms with Crippen LogP contribution in [0.1, 0.15) is 149 Å². The molecule has 0 amide bonds. The highest BCUT2D eigenvalue weighted by molar-refractivity contribution is 6.17. The Bertz CT molecular complexity index is 2100. The first-order valence-corrected chi connectivity index (χ1v) is 24.5. The second kappa shape index (κ2) is 22.3. The van der Waals surface area contributed by atoms with Gasteiger partial charge in [-0.1, -0.05) is 99.2 Å². The number of pyridine rings is 2. The lowest BCUT2D eigenvalue weighted by Crippen LogP contribution is -2.46. The first-order chi connectivity index (χ1) is 30.0. The van der Waals surface area contributed by atoms with Crippen LogP contribution in [-0.2, 0) is 21.7 Å². The molecule has 2 aromatic heterocycles. The van der Waals surface area contributed by atoms with Gasteiger partial charge in [0.1, 0.15) is 11.6 Å². The molecule has 0 spiro atoms. The lowest BCUT2D eigenvalue weighted by molar-refractivity contribution is 0.280. The minimum absolute atomic E-state index is 0. The second-order valence-electron chi connectivity index (χ2n) is 21.2. The van der Waals surface area contributed by atoms with Crippen LogP contribution in [0.5, 0.6) is 0 Å². The van der Waals surface area contributed by atoms with E-state index >= 15 is 0 Å². The SMILES string of the molecule is C.CC1(C)CCC(C)(C)c2cc(-c3cccc(N4CCCC(N)C4)n3)ccc21.CC1(C)CCC(C)(C)c2cc(-c3cccc(N4CCCC(NCCCO)C4)n3)ccc21.OCCCCl. The summed E-state index contributed by atoms with van der Waals surface area (Å²) in [5.74, 6) is 2.69. The number of rotatable bonds is 10. The first-order valence-electron chi connectivity index (χ1n) is 24.0. The Morgan fingerprint density at radius 2 is 1.08 bits per heavy atom. The standard InChI is InChI=1S/C27H39N3O.C24H33N3.C3H7ClO.CH4/c1-26(2)13-14-27(3,4)23-18-20(11-12-22(23)26)24-9-5-10-25(29-24)30-16-6-8-21(19-30)28-15-7-17-31;1-23(2)12-13-24(3,4)20-15-17(10-11-19(20)23)21-8-5-9-22(26-21)27-14-6-7-18(25)16-27;4-2-1-3-5;/h5,9-12,18,21,28,31H,6-8,13-17,19H2,1-4H3;5,8-11,15,18H,6-7,12-14,16,25H2,1-4H3;5H,1-3H2;1H4. The van der Waals surface area contributed by atoms with Gasteiger partial charge in [-0.05, 0) is 151 Å². The van der Waals surface area contributed by atoms with E-state index in [1.165, 1.54) is 71.9 Å². The molecule has 352 valence electrons. The molecule has 2 aromatic carbocycles. The first kappa shape index (κ1) is 51.5. The monoisotopic (exact) mass is 895 g/mol. The van der Waals surface area contributed by atoms with Gasteiger partial charge in [0.25, 0.3) is 0 Å². The van der Waals surface area contributed by atoms with E-state index in [2.05, 4.69) is 143 Å². The molecule has 0 radical (unpaired) electrons. The molecule has 2 aliphatic heterocycles. The number of nitrogens with one attached hydrogen (secondary N) is 1. The summed E-state index contributed by atoms with van der Waals surface area (Å²) in [4.78, 5) is 14.8. The molecule has 2 fully saturated rings. The maximum absolute atomic E-state index is 9.04. The molecular weight excluding hydrogens is 812 g/mol. The Morgan fingerprint density at radius 3 is 1.52 bits per heavy atom. The molecule has 5 N–H and O–H groups in total. The Labute approximate surface area is 392 Å². The van der Waals surface area contributed by atoms with Crippen LogP contribution in [0.4, 0.5) is 11.6 Å². The van der Waals surface area contributed by atoms with Crippen LogP contribution in [0.2, 0.25) is 0 Å². The summed E-state index contributed by atoms with van der Waals surface area (Å²) in [6, 6.07) is 27.6. The molecule has 2 aliphatic carbocycles. The van der Waals surface area contributed by atoms with Gasteiger partial charge < -0.3 is 31.1 Å². The third-order valence-electron chi connectivity index (χ3n) is 14.4. The van der Waals surface area contributed by atoms with E-state index in [1.54, 1.807) is 0 Å². The molecule has 4 heterocycles. The normalized spacial score (nSPS) is 21.4. The Balaban J connectivity index is 0.000000216. The highest BCUT2D eigenvalue weighted by atomic mass is 35.5. The second-order valence-corrected chi connectivity index (χ2v) is 21.6. The van der Waals surface area contributed by atoms with Crippen molar-refractivity contribution >= 4 is 23.2 Å². The average molecular weight is 896 g/mol. The van der Waals surface area contributed by atoms with Crippen LogP contribution in [0.15, 0.2) is 72.8 Å². The lowest BCUT2D eigenvalue weighted by atomic mass is 9.63. The number of aliphatic hydroxyl groups is 2. The van der Waals surface area contributed by atoms with E-state index in [9.17, 15) is 0 Å². The zero-order chi connectivity index (χ0) is 45.4. The zero-order valence-corrected chi connectivity index (χ0v) is 40.7. The van der Waals surface area contributed by atoms with Gasteiger partial charge in [-0.15, -0.1) is 11.6 Å². The maximum Gasteiger partial charge on any atom is 0.129 e. The van der Waals surface area contributed by atoms with Gasteiger partial charge in [-0.3, -0.25) is 0 Å². The minimum atomic E-state index is 0. The number of fused-ring (bicyclic) bond motifs is 2. The fraction of sp³-hybridized carbons (Fsp3) is 0.600. The van der Waals surface area contributed by atoms with Crippen molar-refractivity contribution in [2.75, 3.05) is 61.6 Å². The summed E-state index contributed by atoms with van der Waals surface area (Å²) in [5.41, 5.74) is 17.6. The van der Waals surface area contributed by atoms with Crippen LogP contribution in [0.3, 0.4) is 0 Å². The van der Waals surface area contributed by atoms with E-state index in [0.717, 1.165) is 75.0 Å². The van der Waals surface area contributed by atoms with Crippen LogP contribution in [-0.4, -0.2) is 84.1 Å². The van der Waals surface area contributed by atoms with Crippen molar-refractivity contribution in [3.8, 4) is 22.5 Å². The van der Waals surface area contributed by atoms with E-state index in [1.807, 2.05) is 0 Å². The third-order valence-corrected chi connectivity index (χ3v) is 14.6. The number of benzene rings is 2. The molecule has 8 rings (SSSR count). The smallest absolute Gasteiger partial charge is 0.129 e. The lowest BCUT2D eigenvalue weighted by Gasteiger charge is -2.42. The number of hydrogen-bond donors (Lipinski definition) is 4. The number of halogens is 1. The number of piperidine rings is 2. The van der Waals surface area contributed by atoms with Crippen LogP contribution in [0, 0.1) is 0 Å². The van der Waals surface area contributed by atoms with Crippen molar-refractivity contribution in [3.05, 3.63) is 95.1 Å². The molecule has 0 saturated carbocycles. The maximum atomic E-state index is 9.04. The van der Waals surface area contributed by atoms with Crippen LogP contribution >= 0.6 is 11.6 Å². The Morgan fingerprint density at radius 1 is 0.625 bits per heavy atom. The van der Waals surface area contributed by atoms with Crippen LogP contribution in [0.25, 0.3) is 22.5 Å². The van der Waals surface area contributed by atoms with E-state index < -0.39 is 0 Å². The summed E-state index contributed by atoms with van der Waals surface area (Å²) in [6.07, 6.45) is 11.1. The van der Waals surface area contributed by atoms with E-state index in [-0.39, 0.29) is 48.3 Å². The Kier molecular flexibility index (Phi) is 17.9. The molecule has 8 nitrogen and oxygen atoms in total.